The molecular weight excluding hydrogens is 419 g/mol. The molecule has 0 N–H and O–H groups in total. The fraction of sp³-hybridized carbons (Fsp3) is 0.263. The van der Waals surface area contributed by atoms with E-state index in [1.54, 1.807) is 24.3 Å². The molecule has 126 valence electrons. The summed E-state index contributed by atoms with van der Waals surface area (Å²) in [5.41, 5.74) is 1.36. The van der Waals surface area contributed by atoms with Crippen LogP contribution in [0, 0.1) is 3.57 Å². The maximum atomic E-state index is 12.3. The molecule has 0 saturated carbocycles. The van der Waals surface area contributed by atoms with E-state index in [-0.39, 0.29) is 17.7 Å². The van der Waals surface area contributed by atoms with E-state index in [9.17, 15) is 9.59 Å². The minimum Gasteiger partial charge on any atom is -0.462 e. The number of hydrogen-bond donors (Lipinski definition) is 0. The van der Waals surface area contributed by atoms with Crippen LogP contribution in [0.15, 0.2) is 48.5 Å². The first-order valence-electron chi connectivity index (χ1n) is 7.79. The highest BCUT2D eigenvalue weighted by atomic mass is 127. The Balaban J connectivity index is 2.05. The fourth-order valence-electron chi connectivity index (χ4n) is 2.08. The topological polar surface area (TPSA) is 52.6 Å². The highest BCUT2D eigenvalue weighted by molar-refractivity contribution is 14.1. The van der Waals surface area contributed by atoms with Crippen LogP contribution in [0.2, 0.25) is 0 Å². The second-order valence-electron chi connectivity index (χ2n) is 5.24. The number of esters is 2. The van der Waals surface area contributed by atoms with Gasteiger partial charge in [0, 0.05) is 3.57 Å². The molecule has 0 bridgehead atoms. The molecule has 0 unspecified atom stereocenters. The lowest BCUT2D eigenvalue weighted by molar-refractivity contribution is 0.0437. The molecule has 0 saturated heterocycles. The molecule has 0 radical (unpaired) electrons. The van der Waals surface area contributed by atoms with Crippen molar-refractivity contribution >= 4 is 34.5 Å². The summed E-state index contributed by atoms with van der Waals surface area (Å²) in [6.45, 7) is 2.53. The molecule has 0 amide bonds. The number of benzene rings is 2. The van der Waals surface area contributed by atoms with Crippen LogP contribution in [0.25, 0.3) is 0 Å². The van der Waals surface area contributed by atoms with Crippen LogP contribution >= 0.6 is 22.6 Å². The van der Waals surface area contributed by atoms with Crippen LogP contribution in [0.1, 0.15) is 46.0 Å². The summed E-state index contributed by atoms with van der Waals surface area (Å²) in [5, 5.41) is 0. The van der Waals surface area contributed by atoms with Gasteiger partial charge in [-0.3, -0.25) is 0 Å². The first kappa shape index (κ1) is 18.4. The van der Waals surface area contributed by atoms with Gasteiger partial charge in [-0.15, -0.1) is 0 Å². The molecule has 0 spiro atoms. The van der Waals surface area contributed by atoms with Crippen molar-refractivity contribution in [2.24, 2.45) is 0 Å². The van der Waals surface area contributed by atoms with E-state index in [1.807, 2.05) is 31.2 Å². The van der Waals surface area contributed by atoms with Crippen molar-refractivity contribution in [1.82, 2.24) is 0 Å². The third-order valence-electron chi connectivity index (χ3n) is 3.36. The van der Waals surface area contributed by atoms with Crippen LogP contribution in [0.4, 0.5) is 0 Å². The number of hydrogen-bond acceptors (Lipinski definition) is 4. The van der Waals surface area contributed by atoms with Gasteiger partial charge >= 0.3 is 11.9 Å². The van der Waals surface area contributed by atoms with Gasteiger partial charge in [0.15, 0.2) is 0 Å². The van der Waals surface area contributed by atoms with Crippen molar-refractivity contribution in [2.75, 3.05) is 6.61 Å². The van der Waals surface area contributed by atoms with Crippen LogP contribution in [0.3, 0.4) is 0 Å². The summed E-state index contributed by atoms with van der Waals surface area (Å²) in [5.74, 6) is -1.03. The van der Waals surface area contributed by atoms with E-state index in [1.165, 1.54) is 0 Å². The van der Waals surface area contributed by atoms with Gasteiger partial charge in [-0.1, -0.05) is 37.6 Å². The van der Waals surface area contributed by atoms with Gasteiger partial charge in [0.2, 0.25) is 0 Å². The third-order valence-corrected chi connectivity index (χ3v) is 4.03. The van der Waals surface area contributed by atoms with Crippen LogP contribution < -0.4 is 0 Å². The monoisotopic (exact) mass is 438 g/mol. The highest BCUT2D eigenvalue weighted by Crippen LogP contribution is 2.14. The SMILES string of the molecule is CCCCOC(=O)c1ccccc1C(=O)OCc1cccc(I)c1. The summed E-state index contributed by atoms with van der Waals surface area (Å²) in [7, 11) is 0. The molecular formula is C19H19IO4. The molecule has 2 aromatic carbocycles. The zero-order valence-corrected chi connectivity index (χ0v) is 15.6. The normalized spacial score (nSPS) is 10.2. The van der Waals surface area contributed by atoms with Crippen LogP contribution in [0.5, 0.6) is 0 Å². The van der Waals surface area contributed by atoms with Gasteiger partial charge in [-0.2, -0.15) is 0 Å². The Morgan fingerprint density at radius 2 is 1.62 bits per heavy atom. The van der Waals surface area contributed by atoms with Gasteiger partial charge < -0.3 is 9.47 Å². The van der Waals surface area contributed by atoms with E-state index in [4.69, 9.17) is 9.47 Å². The summed E-state index contributed by atoms with van der Waals surface area (Å²) >= 11 is 2.20. The van der Waals surface area contributed by atoms with Crippen molar-refractivity contribution in [1.29, 1.82) is 0 Å². The second-order valence-corrected chi connectivity index (χ2v) is 6.49. The first-order chi connectivity index (χ1) is 11.6. The van der Waals surface area contributed by atoms with Gasteiger partial charge in [0.1, 0.15) is 6.61 Å². The van der Waals surface area contributed by atoms with E-state index >= 15 is 0 Å². The lowest BCUT2D eigenvalue weighted by atomic mass is 10.1. The minimum absolute atomic E-state index is 0.162. The van der Waals surface area contributed by atoms with E-state index < -0.39 is 11.9 Å². The smallest absolute Gasteiger partial charge is 0.339 e. The van der Waals surface area contributed by atoms with Crippen molar-refractivity contribution in [3.63, 3.8) is 0 Å². The van der Waals surface area contributed by atoms with Crippen molar-refractivity contribution in [2.45, 2.75) is 26.4 Å². The van der Waals surface area contributed by atoms with Crippen LogP contribution in [-0.4, -0.2) is 18.5 Å². The predicted octanol–water partition coefficient (Wildman–Crippen LogP) is 4.61. The van der Waals surface area contributed by atoms with Crippen molar-refractivity contribution in [3.8, 4) is 0 Å². The van der Waals surface area contributed by atoms with Gasteiger partial charge in [0.05, 0.1) is 17.7 Å². The average molecular weight is 438 g/mol. The third kappa shape index (κ3) is 5.33. The Kier molecular flexibility index (Phi) is 7.24. The van der Waals surface area contributed by atoms with Crippen molar-refractivity contribution < 1.29 is 19.1 Å². The predicted molar refractivity (Wildman–Crippen MR) is 99.9 cm³/mol. The molecule has 4 nitrogen and oxygen atoms in total. The van der Waals surface area contributed by atoms with Crippen LogP contribution in [-0.2, 0) is 16.1 Å². The van der Waals surface area contributed by atoms with Crippen molar-refractivity contribution in [3.05, 3.63) is 68.8 Å². The maximum absolute atomic E-state index is 12.3. The molecule has 0 aliphatic rings. The summed E-state index contributed by atoms with van der Waals surface area (Å²) in [4.78, 5) is 24.5. The quantitative estimate of drug-likeness (QED) is 0.360. The molecule has 0 aliphatic carbocycles. The van der Waals surface area contributed by atoms with E-state index in [2.05, 4.69) is 22.6 Å². The van der Waals surface area contributed by atoms with Gasteiger partial charge in [-0.05, 0) is 58.8 Å². The Labute approximate surface area is 155 Å². The molecule has 0 aromatic heterocycles. The zero-order chi connectivity index (χ0) is 17.4. The summed E-state index contributed by atoms with van der Waals surface area (Å²) in [6, 6.07) is 14.3. The maximum Gasteiger partial charge on any atom is 0.339 e. The number of rotatable bonds is 7. The Morgan fingerprint density at radius 1 is 0.958 bits per heavy atom. The summed E-state index contributed by atoms with van der Waals surface area (Å²) < 4.78 is 11.6. The average Bonchev–Trinajstić information content (AvgIpc) is 2.60. The van der Waals surface area contributed by atoms with Gasteiger partial charge in [-0.25, -0.2) is 9.59 Å². The van der Waals surface area contributed by atoms with E-state index in [0.29, 0.717) is 6.61 Å². The molecule has 0 heterocycles. The standard InChI is InChI=1S/C19H19IO4/c1-2-3-11-23-18(21)16-9-4-5-10-17(16)19(22)24-13-14-7-6-8-15(20)12-14/h4-10,12H,2-3,11,13H2,1H3. The summed E-state index contributed by atoms with van der Waals surface area (Å²) in [6.07, 6.45) is 1.73. The molecule has 0 atom stereocenters. The lowest BCUT2D eigenvalue weighted by Crippen LogP contribution is -2.14. The molecule has 2 rings (SSSR count). The second kappa shape index (κ2) is 9.42. The Hall–Kier alpha value is -1.89. The van der Waals surface area contributed by atoms with E-state index in [0.717, 1.165) is 22.0 Å². The number of halogens is 1. The van der Waals surface area contributed by atoms with Gasteiger partial charge in [0.25, 0.3) is 0 Å². The number of ether oxygens (including phenoxy) is 2. The largest absolute Gasteiger partial charge is 0.462 e. The first-order valence-corrected chi connectivity index (χ1v) is 8.87. The molecule has 0 fully saturated rings. The fourth-order valence-corrected chi connectivity index (χ4v) is 2.69. The zero-order valence-electron chi connectivity index (χ0n) is 13.5. The number of unbranched alkanes of at least 4 members (excludes halogenated alkanes) is 1. The lowest BCUT2D eigenvalue weighted by Gasteiger charge is -2.10. The minimum atomic E-state index is -0.531. The molecule has 24 heavy (non-hydrogen) atoms. The molecule has 2 aromatic rings. The number of carbonyl (C=O) groups excluding carboxylic acids is 2. The highest BCUT2D eigenvalue weighted by Gasteiger charge is 2.18. The Morgan fingerprint density at radius 3 is 2.25 bits per heavy atom. The molecule has 0 aliphatic heterocycles. The number of carbonyl (C=O) groups is 2. The Bertz CT molecular complexity index is 712. The molecule has 5 heteroatoms.